The molecule has 0 atom stereocenters. The van der Waals surface area contributed by atoms with Crippen molar-refractivity contribution in [3.05, 3.63) is 23.5 Å². The Morgan fingerprint density at radius 1 is 1.32 bits per heavy atom. The van der Waals surface area contributed by atoms with E-state index in [1.165, 1.54) is 10.6 Å². The third-order valence-corrected chi connectivity index (χ3v) is 4.62. The van der Waals surface area contributed by atoms with Crippen LogP contribution in [0.5, 0.6) is 0 Å². The largest absolute Gasteiger partial charge is 0.392 e. The highest BCUT2D eigenvalue weighted by molar-refractivity contribution is 7.88. The summed E-state index contributed by atoms with van der Waals surface area (Å²) in [6.45, 7) is 4.05. The molecule has 1 aromatic heterocycles. The van der Waals surface area contributed by atoms with Crippen LogP contribution in [0.15, 0.2) is 12.3 Å². The van der Waals surface area contributed by atoms with E-state index in [9.17, 15) is 13.5 Å². The lowest BCUT2D eigenvalue weighted by atomic mass is 10.2. The van der Waals surface area contributed by atoms with Gasteiger partial charge in [-0.05, 0) is 13.0 Å². The Hall–Kier alpha value is -1.18. The van der Waals surface area contributed by atoms with E-state index in [0.717, 1.165) is 16.9 Å². The molecule has 0 aromatic carbocycles. The monoisotopic (exact) mass is 285 g/mol. The first-order valence-corrected chi connectivity index (χ1v) is 8.03. The molecule has 0 bridgehead atoms. The van der Waals surface area contributed by atoms with E-state index in [-0.39, 0.29) is 6.61 Å². The molecular weight excluding hydrogens is 266 g/mol. The zero-order valence-electron chi connectivity index (χ0n) is 11.2. The van der Waals surface area contributed by atoms with Crippen LogP contribution in [-0.2, 0) is 16.6 Å². The third-order valence-electron chi connectivity index (χ3n) is 3.32. The molecule has 1 N–H and O–H groups in total. The number of piperazine rings is 1. The summed E-state index contributed by atoms with van der Waals surface area (Å²) in [6, 6.07) is 1.93. The van der Waals surface area contributed by atoms with Crippen molar-refractivity contribution in [1.29, 1.82) is 0 Å². The number of nitrogens with zero attached hydrogens (tertiary/aromatic N) is 3. The van der Waals surface area contributed by atoms with Gasteiger partial charge < -0.3 is 10.0 Å². The van der Waals surface area contributed by atoms with E-state index in [4.69, 9.17) is 0 Å². The third kappa shape index (κ3) is 3.23. The Kier molecular flexibility index (Phi) is 4.07. The van der Waals surface area contributed by atoms with Gasteiger partial charge in [0.2, 0.25) is 10.0 Å². The maximum atomic E-state index is 11.5. The molecule has 2 heterocycles. The van der Waals surface area contributed by atoms with Crippen molar-refractivity contribution in [2.45, 2.75) is 13.5 Å². The summed E-state index contributed by atoms with van der Waals surface area (Å²) in [4.78, 5) is 6.27. The lowest BCUT2D eigenvalue weighted by Gasteiger charge is -2.35. The fourth-order valence-electron chi connectivity index (χ4n) is 2.25. The predicted octanol–water partition coefficient (Wildman–Crippen LogP) is -0.0361. The predicted molar refractivity (Wildman–Crippen MR) is 73.5 cm³/mol. The Morgan fingerprint density at radius 2 is 1.95 bits per heavy atom. The number of sulfonamides is 1. The smallest absolute Gasteiger partial charge is 0.211 e. The van der Waals surface area contributed by atoms with Gasteiger partial charge >= 0.3 is 0 Å². The topological polar surface area (TPSA) is 73.7 Å². The summed E-state index contributed by atoms with van der Waals surface area (Å²) in [6.07, 6.45) is 2.91. The Labute approximate surface area is 113 Å². The summed E-state index contributed by atoms with van der Waals surface area (Å²) >= 11 is 0. The van der Waals surface area contributed by atoms with E-state index in [1.807, 2.05) is 13.0 Å². The van der Waals surface area contributed by atoms with Crippen LogP contribution >= 0.6 is 0 Å². The number of pyridine rings is 1. The fourth-order valence-corrected chi connectivity index (χ4v) is 3.08. The second-order valence-electron chi connectivity index (χ2n) is 4.76. The zero-order chi connectivity index (χ0) is 14.0. The van der Waals surface area contributed by atoms with Gasteiger partial charge in [-0.2, -0.15) is 4.31 Å². The van der Waals surface area contributed by atoms with Crippen LogP contribution in [0.25, 0.3) is 0 Å². The van der Waals surface area contributed by atoms with Crippen molar-refractivity contribution in [2.75, 3.05) is 37.3 Å². The maximum Gasteiger partial charge on any atom is 0.211 e. The molecule has 0 unspecified atom stereocenters. The van der Waals surface area contributed by atoms with Crippen molar-refractivity contribution < 1.29 is 13.5 Å². The number of rotatable bonds is 3. The Bertz CT molecular complexity index is 551. The van der Waals surface area contributed by atoms with Crippen molar-refractivity contribution in [3.8, 4) is 0 Å². The molecule has 1 aromatic rings. The molecule has 1 saturated heterocycles. The lowest BCUT2D eigenvalue weighted by molar-refractivity contribution is 0.281. The second kappa shape index (κ2) is 5.44. The van der Waals surface area contributed by atoms with E-state index < -0.39 is 10.0 Å². The van der Waals surface area contributed by atoms with Gasteiger partial charge in [0.15, 0.2) is 0 Å². The van der Waals surface area contributed by atoms with Gasteiger partial charge in [-0.15, -0.1) is 0 Å². The van der Waals surface area contributed by atoms with E-state index in [2.05, 4.69) is 9.88 Å². The molecule has 1 aliphatic heterocycles. The molecule has 0 radical (unpaired) electrons. The molecule has 1 fully saturated rings. The molecule has 6 nitrogen and oxygen atoms in total. The van der Waals surface area contributed by atoms with Crippen LogP contribution in [-0.4, -0.2) is 55.2 Å². The maximum absolute atomic E-state index is 11.5. The minimum atomic E-state index is -3.11. The summed E-state index contributed by atoms with van der Waals surface area (Å²) in [5, 5.41) is 9.35. The Morgan fingerprint density at radius 3 is 2.47 bits per heavy atom. The molecule has 0 saturated carbocycles. The second-order valence-corrected chi connectivity index (χ2v) is 6.74. The molecule has 106 valence electrons. The van der Waals surface area contributed by atoms with Gasteiger partial charge in [-0.1, -0.05) is 0 Å². The molecule has 0 spiro atoms. The summed E-state index contributed by atoms with van der Waals surface area (Å²) < 4.78 is 24.4. The molecule has 1 aliphatic rings. The van der Waals surface area contributed by atoms with Gasteiger partial charge in [0.1, 0.15) is 0 Å². The highest BCUT2D eigenvalue weighted by Gasteiger charge is 2.24. The number of hydrogen-bond acceptors (Lipinski definition) is 5. The molecule has 0 amide bonds. The van der Waals surface area contributed by atoms with E-state index >= 15 is 0 Å². The van der Waals surface area contributed by atoms with Crippen LogP contribution in [0.2, 0.25) is 0 Å². The zero-order valence-corrected chi connectivity index (χ0v) is 12.0. The van der Waals surface area contributed by atoms with E-state index in [0.29, 0.717) is 26.2 Å². The van der Waals surface area contributed by atoms with Gasteiger partial charge in [0.05, 0.1) is 12.9 Å². The quantitative estimate of drug-likeness (QED) is 0.844. The van der Waals surface area contributed by atoms with Gasteiger partial charge in [0, 0.05) is 49.3 Å². The highest BCUT2D eigenvalue weighted by atomic mass is 32.2. The average molecular weight is 285 g/mol. The first-order chi connectivity index (χ1) is 8.91. The van der Waals surface area contributed by atoms with Gasteiger partial charge in [-0.25, -0.2) is 8.42 Å². The van der Waals surface area contributed by atoms with Crippen LogP contribution in [0.1, 0.15) is 11.3 Å². The van der Waals surface area contributed by atoms with Crippen LogP contribution in [0.3, 0.4) is 0 Å². The van der Waals surface area contributed by atoms with Gasteiger partial charge in [0.25, 0.3) is 0 Å². The minimum Gasteiger partial charge on any atom is -0.392 e. The average Bonchev–Trinajstić information content (AvgIpc) is 2.38. The van der Waals surface area contributed by atoms with Gasteiger partial charge in [-0.3, -0.25) is 4.98 Å². The normalized spacial score (nSPS) is 17.7. The molecule has 7 heteroatoms. The number of aliphatic hydroxyl groups is 1. The van der Waals surface area contributed by atoms with Crippen molar-refractivity contribution in [1.82, 2.24) is 9.29 Å². The number of aliphatic hydroxyl groups excluding tert-OH is 1. The van der Waals surface area contributed by atoms with Crippen molar-refractivity contribution in [3.63, 3.8) is 0 Å². The number of aryl methyl sites for hydroxylation is 1. The van der Waals surface area contributed by atoms with Crippen LogP contribution < -0.4 is 4.90 Å². The number of hydrogen-bond donors (Lipinski definition) is 1. The van der Waals surface area contributed by atoms with Crippen molar-refractivity contribution >= 4 is 15.7 Å². The van der Waals surface area contributed by atoms with Crippen molar-refractivity contribution in [2.24, 2.45) is 0 Å². The molecule has 2 rings (SSSR count). The minimum absolute atomic E-state index is 0.0606. The summed E-state index contributed by atoms with van der Waals surface area (Å²) in [5.41, 5.74) is 2.61. The first kappa shape index (κ1) is 14.2. The van der Waals surface area contributed by atoms with Crippen LogP contribution in [0, 0.1) is 6.92 Å². The SMILES string of the molecule is Cc1cc(N2CCN(S(C)(=O)=O)CC2)c(CO)cn1. The highest BCUT2D eigenvalue weighted by Crippen LogP contribution is 2.22. The summed E-state index contributed by atoms with van der Waals surface area (Å²) in [7, 11) is -3.11. The fraction of sp³-hybridized carbons (Fsp3) is 0.583. The first-order valence-electron chi connectivity index (χ1n) is 6.18. The molecule has 19 heavy (non-hydrogen) atoms. The Balaban J connectivity index is 2.16. The standard InChI is InChI=1S/C12H19N3O3S/c1-10-7-12(11(9-16)8-13-10)14-3-5-15(6-4-14)19(2,17)18/h7-8,16H,3-6,9H2,1-2H3. The van der Waals surface area contributed by atoms with E-state index in [1.54, 1.807) is 6.20 Å². The molecular formula is C12H19N3O3S. The number of anilines is 1. The lowest BCUT2D eigenvalue weighted by Crippen LogP contribution is -2.48. The van der Waals surface area contributed by atoms with Crippen LogP contribution in [0.4, 0.5) is 5.69 Å². The molecule has 0 aliphatic carbocycles. The number of aromatic nitrogens is 1. The summed E-state index contributed by atoms with van der Waals surface area (Å²) in [5.74, 6) is 0.